The second kappa shape index (κ2) is 6.69. The lowest BCUT2D eigenvalue weighted by Crippen LogP contribution is -2.68. The molecular formula is C20H28N6O. The van der Waals surface area contributed by atoms with Crippen molar-refractivity contribution >= 4 is 22.9 Å². The Morgan fingerprint density at radius 3 is 2.85 bits per heavy atom. The number of piperidine rings is 1. The number of hydrogen-bond donors (Lipinski definition) is 3. The Balaban J connectivity index is 1.25. The van der Waals surface area contributed by atoms with E-state index in [9.17, 15) is 4.79 Å². The molecule has 2 saturated carbocycles. The summed E-state index contributed by atoms with van der Waals surface area (Å²) < 4.78 is 0. The number of hydrogen-bond acceptors (Lipinski definition) is 4. The molecule has 3 N–H and O–H groups in total. The molecule has 2 aromatic rings. The van der Waals surface area contributed by atoms with Gasteiger partial charge in [0.1, 0.15) is 17.8 Å². The van der Waals surface area contributed by atoms with E-state index < -0.39 is 0 Å². The molecule has 2 aliphatic carbocycles. The van der Waals surface area contributed by atoms with Gasteiger partial charge < -0.3 is 20.5 Å². The highest BCUT2D eigenvalue weighted by molar-refractivity contribution is 5.87. The van der Waals surface area contributed by atoms with Crippen LogP contribution in [0.2, 0.25) is 0 Å². The van der Waals surface area contributed by atoms with Gasteiger partial charge in [-0.15, -0.1) is 0 Å². The molecule has 0 radical (unpaired) electrons. The number of carbonyl (C=O) groups excluding carboxylic acids is 1. The number of nitrogens with zero attached hydrogens (tertiary/aromatic N) is 3. The molecule has 144 valence electrons. The normalized spacial score (nSPS) is 28.4. The smallest absolute Gasteiger partial charge is 0.315 e. The standard InChI is InChI=1S/C20H28N6O/c27-19(24-15-4-2-1-3-5-15)25-20-8-6-14(20)12-26(11-9-20)18-16-7-10-21-17(16)22-13-23-18/h7,10,13-15H,1-6,8-9,11-12H2,(H,21,22,23)(H2,24,25,27). The van der Waals surface area contributed by atoms with Crippen molar-refractivity contribution in [3.05, 3.63) is 18.6 Å². The van der Waals surface area contributed by atoms with Crippen LogP contribution in [0.15, 0.2) is 18.6 Å². The summed E-state index contributed by atoms with van der Waals surface area (Å²) in [4.78, 5) is 27.0. The largest absolute Gasteiger partial charge is 0.355 e. The second-order valence-electron chi connectivity index (χ2n) is 8.46. The van der Waals surface area contributed by atoms with Crippen molar-refractivity contribution in [1.82, 2.24) is 25.6 Å². The number of urea groups is 1. The Kier molecular flexibility index (Phi) is 4.17. The molecule has 1 saturated heterocycles. The van der Waals surface area contributed by atoms with Gasteiger partial charge in [-0.1, -0.05) is 19.3 Å². The number of carbonyl (C=O) groups is 1. The third-order valence-electron chi connectivity index (χ3n) is 6.92. The number of rotatable bonds is 3. The first kappa shape index (κ1) is 16.8. The van der Waals surface area contributed by atoms with E-state index in [1.807, 2.05) is 12.3 Å². The van der Waals surface area contributed by atoms with E-state index >= 15 is 0 Å². The van der Waals surface area contributed by atoms with Gasteiger partial charge in [0.05, 0.1) is 5.39 Å². The molecule has 2 aromatic heterocycles. The van der Waals surface area contributed by atoms with Crippen molar-refractivity contribution in [3.63, 3.8) is 0 Å². The topological polar surface area (TPSA) is 85.9 Å². The zero-order valence-corrected chi connectivity index (χ0v) is 15.7. The third kappa shape index (κ3) is 3.03. The molecule has 1 aliphatic heterocycles. The molecule has 0 bridgehead atoms. The molecule has 7 nitrogen and oxygen atoms in total. The Morgan fingerprint density at radius 1 is 1.19 bits per heavy atom. The molecule has 5 rings (SSSR count). The van der Waals surface area contributed by atoms with E-state index in [2.05, 4.69) is 30.5 Å². The van der Waals surface area contributed by atoms with Crippen LogP contribution in [0.5, 0.6) is 0 Å². The lowest BCUT2D eigenvalue weighted by Gasteiger charge is -2.55. The van der Waals surface area contributed by atoms with Crippen molar-refractivity contribution in [2.75, 3.05) is 18.0 Å². The van der Waals surface area contributed by atoms with Crippen molar-refractivity contribution in [1.29, 1.82) is 0 Å². The van der Waals surface area contributed by atoms with Crippen LogP contribution in [-0.4, -0.2) is 45.7 Å². The molecule has 3 heterocycles. The highest BCUT2D eigenvalue weighted by Gasteiger charge is 2.51. The van der Waals surface area contributed by atoms with Gasteiger partial charge in [-0.2, -0.15) is 0 Å². The first-order valence-electron chi connectivity index (χ1n) is 10.4. The van der Waals surface area contributed by atoms with E-state index in [1.54, 1.807) is 6.33 Å². The van der Waals surface area contributed by atoms with Crippen LogP contribution >= 0.6 is 0 Å². The van der Waals surface area contributed by atoms with Crippen LogP contribution in [-0.2, 0) is 0 Å². The summed E-state index contributed by atoms with van der Waals surface area (Å²) in [6.07, 6.45) is 12.8. The van der Waals surface area contributed by atoms with E-state index in [1.165, 1.54) is 25.7 Å². The number of aromatic amines is 1. The quantitative estimate of drug-likeness (QED) is 0.777. The molecule has 2 atom stereocenters. The van der Waals surface area contributed by atoms with Gasteiger partial charge in [0.2, 0.25) is 0 Å². The first-order valence-corrected chi connectivity index (χ1v) is 10.4. The summed E-state index contributed by atoms with van der Waals surface area (Å²) in [7, 11) is 0. The summed E-state index contributed by atoms with van der Waals surface area (Å²) >= 11 is 0. The van der Waals surface area contributed by atoms with Crippen LogP contribution < -0.4 is 15.5 Å². The molecule has 2 amide bonds. The average Bonchev–Trinajstić information content (AvgIpc) is 3.15. The van der Waals surface area contributed by atoms with E-state index in [4.69, 9.17) is 0 Å². The first-order chi connectivity index (χ1) is 13.2. The Hall–Kier alpha value is -2.31. The summed E-state index contributed by atoms with van der Waals surface area (Å²) in [6.45, 7) is 1.86. The van der Waals surface area contributed by atoms with Gasteiger partial charge >= 0.3 is 6.03 Å². The van der Waals surface area contributed by atoms with Crippen LogP contribution in [0, 0.1) is 5.92 Å². The van der Waals surface area contributed by atoms with Gasteiger partial charge in [-0.25, -0.2) is 14.8 Å². The fraction of sp³-hybridized carbons (Fsp3) is 0.650. The van der Waals surface area contributed by atoms with Gasteiger partial charge in [0.15, 0.2) is 0 Å². The number of aromatic nitrogens is 3. The van der Waals surface area contributed by atoms with Crippen molar-refractivity contribution in [2.24, 2.45) is 5.92 Å². The number of nitrogens with one attached hydrogen (secondary N) is 3. The predicted octanol–water partition coefficient (Wildman–Crippen LogP) is 2.95. The van der Waals surface area contributed by atoms with Gasteiger partial charge in [0.25, 0.3) is 0 Å². The fourth-order valence-corrected chi connectivity index (χ4v) is 5.21. The van der Waals surface area contributed by atoms with Gasteiger partial charge in [-0.3, -0.25) is 0 Å². The van der Waals surface area contributed by atoms with Crippen molar-refractivity contribution in [2.45, 2.75) is 62.9 Å². The number of fused-ring (bicyclic) bond motifs is 2. The zero-order valence-electron chi connectivity index (χ0n) is 15.7. The SMILES string of the molecule is O=C(NC1CCCCC1)NC12CCC1CN(c1ncnc3[nH]ccc13)CC2. The molecule has 3 aliphatic rings. The summed E-state index contributed by atoms with van der Waals surface area (Å²) in [5, 5.41) is 7.66. The number of anilines is 1. The van der Waals surface area contributed by atoms with E-state index in [0.717, 1.165) is 55.6 Å². The van der Waals surface area contributed by atoms with Crippen LogP contribution in [0.1, 0.15) is 51.4 Å². The highest BCUT2D eigenvalue weighted by atomic mass is 16.2. The molecule has 2 unspecified atom stereocenters. The Morgan fingerprint density at radius 2 is 2.07 bits per heavy atom. The molecule has 0 aromatic carbocycles. The number of amides is 2. The van der Waals surface area contributed by atoms with Crippen molar-refractivity contribution < 1.29 is 4.79 Å². The minimum atomic E-state index is -0.0282. The molecule has 7 heteroatoms. The van der Waals surface area contributed by atoms with Crippen LogP contribution in [0.4, 0.5) is 10.6 Å². The second-order valence-corrected chi connectivity index (χ2v) is 8.46. The molecular weight excluding hydrogens is 340 g/mol. The summed E-state index contributed by atoms with van der Waals surface area (Å²) in [6, 6.07) is 2.44. The van der Waals surface area contributed by atoms with Crippen LogP contribution in [0.3, 0.4) is 0 Å². The average molecular weight is 368 g/mol. The molecule has 3 fully saturated rings. The van der Waals surface area contributed by atoms with E-state index in [-0.39, 0.29) is 11.6 Å². The summed E-state index contributed by atoms with van der Waals surface area (Å²) in [5.41, 5.74) is 0.856. The lowest BCUT2D eigenvalue weighted by atomic mass is 9.62. The van der Waals surface area contributed by atoms with E-state index in [0.29, 0.717) is 12.0 Å². The maximum Gasteiger partial charge on any atom is 0.315 e. The molecule has 27 heavy (non-hydrogen) atoms. The maximum atomic E-state index is 12.6. The Bertz CT molecular complexity index is 829. The third-order valence-corrected chi connectivity index (χ3v) is 6.92. The van der Waals surface area contributed by atoms with Gasteiger partial charge in [0, 0.05) is 30.9 Å². The zero-order chi connectivity index (χ0) is 18.3. The highest BCUT2D eigenvalue weighted by Crippen LogP contribution is 2.45. The lowest BCUT2D eigenvalue weighted by molar-refractivity contribution is 0.0682. The van der Waals surface area contributed by atoms with Crippen molar-refractivity contribution in [3.8, 4) is 0 Å². The summed E-state index contributed by atoms with van der Waals surface area (Å²) in [5.74, 6) is 1.50. The monoisotopic (exact) mass is 368 g/mol. The fourth-order valence-electron chi connectivity index (χ4n) is 5.21. The Labute approximate surface area is 159 Å². The minimum absolute atomic E-state index is 0.0282. The van der Waals surface area contributed by atoms with Crippen LogP contribution in [0.25, 0.3) is 11.0 Å². The minimum Gasteiger partial charge on any atom is -0.355 e. The number of H-pyrrole nitrogens is 1. The predicted molar refractivity (Wildman–Crippen MR) is 105 cm³/mol. The van der Waals surface area contributed by atoms with Gasteiger partial charge in [-0.05, 0) is 44.1 Å². The maximum absolute atomic E-state index is 12.6. The molecule has 0 spiro atoms.